The summed E-state index contributed by atoms with van der Waals surface area (Å²) in [6, 6.07) is 10.0. The molecule has 0 spiro atoms. The number of benzene rings is 1. The van der Waals surface area contributed by atoms with Crippen molar-refractivity contribution in [2.75, 3.05) is 24.9 Å². The number of rotatable bonds is 5. The third-order valence-corrected chi connectivity index (χ3v) is 4.60. The number of hydrogen-bond donors (Lipinski definition) is 2. The van der Waals surface area contributed by atoms with Crippen LogP contribution in [-0.2, 0) is 4.79 Å². The van der Waals surface area contributed by atoms with Crippen molar-refractivity contribution in [3.05, 3.63) is 59.4 Å². The minimum atomic E-state index is -0.630. The molecule has 29 heavy (non-hydrogen) atoms. The molecule has 3 heterocycles. The van der Waals surface area contributed by atoms with E-state index in [1.165, 1.54) is 4.68 Å². The molecule has 148 valence electrons. The van der Waals surface area contributed by atoms with E-state index in [9.17, 15) is 4.79 Å². The number of hydrogen-bond acceptors (Lipinski definition) is 8. The Hall–Kier alpha value is -3.95. The predicted octanol–water partition coefficient (Wildman–Crippen LogP) is 2.01. The van der Waals surface area contributed by atoms with Crippen molar-refractivity contribution >= 4 is 17.7 Å². The average molecular weight is 393 g/mol. The minimum absolute atomic E-state index is 0.329. The lowest BCUT2D eigenvalue weighted by atomic mass is 9.94. The van der Waals surface area contributed by atoms with E-state index in [-0.39, 0.29) is 5.91 Å². The van der Waals surface area contributed by atoms with E-state index in [1.807, 2.05) is 6.07 Å². The Labute approximate surface area is 166 Å². The molecule has 1 aliphatic heterocycles. The molecule has 3 aromatic rings. The van der Waals surface area contributed by atoms with Crippen LogP contribution in [0.15, 0.2) is 53.9 Å². The molecule has 0 saturated heterocycles. The molecule has 1 unspecified atom stereocenters. The van der Waals surface area contributed by atoms with Crippen LogP contribution in [0.25, 0.3) is 0 Å². The van der Waals surface area contributed by atoms with Crippen molar-refractivity contribution in [1.29, 1.82) is 0 Å². The maximum Gasteiger partial charge on any atom is 0.257 e. The first-order valence-electron chi connectivity index (χ1n) is 8.82. The first-order chi connectivity index (χ1) is 14.1. The Kier molecular flexibility index (Phi) is 4.82. The summed E-state index contributed by atoms with van der Waals surface area (Å²) in [7, 11) is 3.14. The van der Waals surface area contributed by atoms with Crippen LogP contribution in [0.1, 0.15) is 18.5 Å². The zero-order valence-corrected chi connectivity index (χ0v) is 16.1. The largest absolute Gasteiger partial charge is 0.497 e. The number of amides is 1. The maximum atomic E-state index is 13.2. The smallest absolute Gasteiger partial charge is 0.257 e. The highest BCUT2D eigenvalue weighted by molar-refractivity contribution is 6.05. The van der Waals surface area contributed by atoms with Crippen molar-refractivity contribution in [2.45, 2.75) is 13.0 Å². The normalized spacial score (nSPS) is 15.3. The van der Waals surface area contributed by atoms with Gasteiger partial charge in [-0.15, -0.1) is 0 Å². The molecule has 1 amide bonds. The summed E-state index contributed by atoms with van der Waals surface area (Å²) in [5, 5.41) is 17.7. The Morgan fingerprint density at radius 2 is 2.07 bits per heavy atom. The van der Waals surface area contributed by atoms with Crippen LogP contribution < -0.4 is 20.1 Å². The molecule has 0 bridgehead atoms. The van der Waals surface area contributed by atoms with Gasteiger partial charge in [-0.1, -0.05) is 11.2 Å². The number of methoxy groups -OCH3 is 2. The van der Waals surface area contributed by atoms with Crippen LogP contribution in [-0.4, -0.2) is 45.3 Å². The fourth-order valence-corrected chi connectivity index (χ4v) is 3.27. The summed E-state index contributed by atoms with van der Waals surface area (Å²) in [5.41, 5.74) is 1.74. The van der Waals surface area contributed by atoms with Crippen molar-refractivity contribution in [3.63, 3.8) is 0 Å². The van der Waals surface area contributed by atoms with Gasteiger partial charge in [0.05, 0.1) is 19.8 Å². The van der Waals surface area contributed by atoms with E-state index < -0.39 is 6.04 Å². The second kappa shape index (κ2) is 7.58. The Balaban J connectivity index is 1.84. The first kappa shape index (κ1) is 18.4. The van der Waals surface area contributed by atoms with Crippen molar-refractivity contribution in [2.24, 2.45) is 0 Å². The topological polar surface area (TPSA) is 116 Å². The Bertz CT molecular complexity index is 1080. The third kappa shape index (κ3) is 3.35. The molecule has 10 heteroatoms. The number of carbonyl (C=O) groups excluding carboxylic acids is 1. The second-order valence-corrected chi connectivity index (χ2v) is 6.29. The van der Waals surface area contributed by atoms with Gasteiger partial charge in [-0.2, -0.15) is 4.68 Å². The molecule has 1 atom stereocenters. The van der Waals surface area contributed by atoms with E-state index in [4.69, 9.17) is 9.47 Å². The summed E-state index contributed by atoms with van der Waals surface area (Å²) in [4.78, 5) is 17.4. The van der Waals surface area contributed by atoms with Gasteiger partial charge in [0, 0.05) is 17.5 Å². The van der Waals surface area contributed by atoms with Crippen LogP contribution >= 0.6 is 0 Å². The molecule has 0 aliphatic carbocycles. The summed E-state index contributed by atoms with van der Waals surface area (Å²) >= 11 is 0. The van der Waals surface area contributed by atoms with Gasteiger partial charge in [0.15, 0.2) is 0 Å². The van der Waals surface area contributed by atoms with E-state index in [1.54, 1.807) is 57.7 Å². The summed E-state index contributed by atoms with van der Waals surface area (Å²) < 4.78 is 12.5. The third-order valence-electron chi connectivity index (χ3n) is 4.60. The van der Waals surface area contributed by atoms with Crippen LogP contribution in [0.2, 0.25) is 0 Å². The number of pyridine rings is 1. The number of nitrogens with zero attached hydrogens (tertiary/aromatic N) is 5. The molecule has 0 saturated carbocycles. The molecule has 4 rings (SSSR count). The monoisotopic (exact) mass is 393 g/mol. The molecular formula is C19H19N7O3. The SMILES string of the molecule is COc1ccc(OC)c(C2C(C(=O)Nc3ccccn3)=C(C)Nc3nnnn32)c1. The first-order valence-corrected chi connectivity index (χ1v) is 8.82. The Morgan fingerprint density at radius 3 is 2.79 bits per heavy atom. The number of tetrazole rings is 1. The highest BCUT2D eigenvalue weighted by atomic mass is 16.5. The van der Waals surface area contributed by atoms with E-state index in [0.717, 1.165) is 0 Å². The van der Waals surface area contributed by atoms with Crippen LogP contribution in [0.4, 0.5) is 11.8 Å². The number of carbonyl (C=O) groups is 1. The number of nitrogens with one attached hydrogen (secondary N) is 2. The molecule has 1 aliphatic rings. The summed E-state index contributed by atoms with van der Waals surface area (Å²) in [6.07, 6.45) is 1.61. The molecule has 0 radical (unpaired) electrons. The minimum Gasteiger partial charge on any atom is -0.497 e. The van der Waals surface area contributed by atoms with Gasteiger partial charge in [0.25, 0.3) is 5.91 Å². The molecule has 0 fully saturated rings. The number of fused-ring (bicyclic) bond motifs is 1. The van der Waals surface area contributed by atoms with E-state index in [0.29, 0.717) is 40.1 Å². The van der Waals surface area contributed by atoms with Gasteiger partial charge in [0.1, 0.15) is 23.4 Å². The zero-order valence-electron chi connectivity index (χ0n) is 16.1. The molecule has 1 aromatic carbocycles. The van der Waals surface area contributed by atoms with E-state index in [2.05, 4.69) is 31.1 Å². The maximum absolute atomic E-state index is 13.2. The predicted molar refractivity (Wildman–Crippen MR) is 105 cm³/mol. The van der Waals surface area contributed by atoms with Crippen molar-refractivity contribution < 1.29 is 14.3 Å². The fraction of sp³-hybridized carbons (Fsp3) is 0.211. The van der Waals surface area contributed by atoms with Crippen LogP contribution in [0.3, 0.4) is 0 Å². The van der Waals surface area contributed by atoms with Crippen molar-refractivity contribution in [1.82, 2.24) is 25.2 Å². The summed E-state index contributed by atoms with van der Waals surface area (Å²) in [5.74, 6) is 1.74. The molecule has 2 aromatic heterocycles. The van der Waals surface area contributed by atoms with Gasteiger partial charge in [-0.25, -0.2) is 4.98 Å². The van der Waals surface area contributed by atoms with Crippen molar-refractivity contribution in [3.8, 4) is 11.5 Å². The molecule has 10 nitrogen and oxygen atoms in total. The Morgan fingerprint density at radius 1 is 1.21 bits per heavy atom. The van der Waals surface area contributed by atoms with Crippen LogP contribution in [0.5, 0.6) is 11.5 Å². The van der Waals surface area contributed by atoms with Gasteiger partial charge in [-0.3, -0.25) is 4.79 Å². The highest BCUT2D eigenvalue weighted by Gasteiger charge is 2.36. The molecular weight excluding hydrogens is 374 g/mol. The lowest BCUT2D eigenvalue weighted by Gasteiger charge is -2.29. The van der Waals surface area contributed by atoms with Gasteiger partial charge >= 0.3 is 0 Å². The summed E-state index contributed by atoms with van der Waals surface area (Å²) in [6.45, 7) is 1.80. The number of anilines is 2. The second-order valence-electron chi connectivity index (χ2n) is 6.29. The zero-order chi connectivity index (χ0) is 20.4. The van der Waals surface area contributed by atoms with Gasteiger partial charge in [0.2, 0.25) is 5.95 Å². The quantitative estimate of drug-likeness (QED) is 0.676. The molecule has 2 N–H and O–H groups in total. The lowest BCUT2D eigenvalue weighted by molar-refractivity contribution is -0.113. The number of allylic oxidation sites excluding steroid dienone is 1. The van der Waals surface area contributed by atoms with E-state index >= 15 is 0 Å². The lowest BCUT2D eigenvalue weighted by Crippen LogP contribution is -2.32. The van der Waals surface area contributed by atoms with Crippen LogP contribution in [0, 0.1) is 0 Å². The average Bonchev–Trinajstić information content (AvgIpc) is 3.20. The standard InChI is InChI=1S/C19H19N7O3/c1-11-16(18(27)22-15-6-4-5-9-20-15)17(26-19(21-11)23-24-25-26)13-10-12(28-2)7-8-14(13)29-3/h4-10,17H,1-3H3,(H,20,22,27)(H,21,23,25). The number of aromatic nitrogens is 5. The van der Waals surface area contributed by atoms with Gasteiger partial charge in [-0.05, 0) is 47.7 Å². The van der Waals surface area contributed by atoms with Gasteiger partial charge < -0.3 is 20.1 Å². The fourth-order valence-electron chi connectivity index (χ4n) is 3.27. The highest BCUT2D eigenvalue weighted by Crippen LogP contribution is 2.40. The number of ether oxygens (including phenoxy) is 2.